The second-order valence-corrected chi connectivity index (χ2v) is 0.712. The van der Waals surface area contributed by atoms with E-state index in [2.05, 4.69) is 10.3 Å². The predicted molar refractivity (Wildman–Crippen MR) is 19.8 cm³/mol. The van der Waals surface area contributed by atoms with Crippen molar-refractivity contribution in [3.05, 3.63) is 12.4 Å². The van der Waals surface area contributed by atoms with Crippen LogP contribution in [0.15, 0.2) is 17.4 Å². The molecule has 0 unspecified atom stereocenters. The minimum Gasteiger partial charge on any atom is -0.196 e. The molecule has 0 spiro atoms. The summed E-state index contributed by atoms with van der Waals surface area (Å²) < 4.78 is 0. The molecule has 1 heterocycles. The molecule has 0 aromatic carbocycles. The SMILES string of the molecule is C1=C[N+]C=N1. The Morgan fingerprint density at radius 1 is 1.60 bits per heavy atom. The quantitative estimate of drug-likeness (QED) is 0.384. The van der Waals surface area contributed by atoms with E-state index in [9.17, 15) is 0 Å². The number of nitrogens with zero attached hydrogens (tertiary/aromatic N) is 2. The van der Waals surface area contributed by atoms with Gasteiger partial charge in [-0.1, -0.05) is 0 Å². The molecule has 0 N–H and O–H groups in total. The van der Waals surface area contributed by atoms with Crippen LogP contribution >= 0.6 is 0 Å². The first-order chi connectivity index (χ1) is 2.50. The van der Waals surface area contributed by atoms with Crippen LogP contribution in [0.1, 0.15) is 0 Å². The molecule has 0 aliphatic carbocycles. The molecule has 1 aliphatic heterocycles. The van der Waals surface area contributed by atoms with Gasteiger partial charge in [-0.05, 0) is 0 Å². The van der Waals surface area contributed by atoms with Gasteiger partial charge in [0.25, 0.3) is 0 Å². The molecule has 1 rings (SSSR count). The van der Waals surface area contributed by atoms with Crippen LogP contribution in [-0.4, -0.2) is 6.34 Å². The van der Waals surface area contributed by atoms with Gasteiger partial charge in [0.15, 0.2) is 5.32 Å². The maximum absolute atomic E-state index is 3.61. The van der Waals surface area contributed by atoms with Crippen molar-refractivity contribution in [3.8, 4) is 0 Å². The lowest BCUT2D eigenvalue weighted by molar-refractivity contribution is 1.34. The minimum atomic E-state index is 1.50. The monoisotopic (exact) mass is 67.0 g/mol. The minimum absolute atomic E-state index is 1.50. The van der Waals surface area contributed by atoms with Crippen LogP contribution in [0.2, 0.25) is 0 Å². The molecular formula is C3H3N2+. The van der Waals surface area contributed by atoms with Crippen molar-refractivity contribution in [1.29, 1.82) is 0 Å². The van der Waals surface area contributed by atoms with E-state index in [4.69, 9.17) is 0 Å². The molecule has 0 bridgehead atoms. The summed E-state index contributed by atoms with van der Waals surface area (Å²) in [5.41, 5.74) is 0. The number of rotatable bonds is 0. The zero-order valence-corrected chi connectivity index (χ0v) is 2.63. The Labute approximate surface area is 30.2 Å². The molecule has 1 aliphatic rings. The van der Waals surface area contributed by atoms with Crippen molar-refractivity contribution in [2.75, 3.05) is 0 Å². The third kappa shape index (κ3) is 0.331. The summed E-state index contributed by atoms with van der Waals surface area (Å²) in [6, 6.07) is 0. The van der Waals surface area contributed by atoms with Gasteiger partial charge in [0, 0.05) is 0 Å². The van der Waals surface area contributed by atoms with Crippen molar-refractivity contribution < 1.29 is 0 Å². The van der Waals surface area contributed by atoms with E-state index in [1.165, 1.54) is 6.34 Å². The first-order valence-corrected chi connectivity index (χ1v) is 1.37. The topological polar surface area (TPSA) is 26.5 Å². The fraction of sp³-hybridized carbons (Fsp3) is 0. The number of hydrogen-bond donors (Lipinski definition) is 0. The second kappa shape index (κ2) is 0.991. The van der Waals surface area contributed by atoms with Crippen molar-refractivity contribution in [3.63, 3.8) is 0 Å². The Morgan fingerprint density at radius 3 is 2.80 bits per heavy atom. The largest absolute Gasteiger partial charge is 0.310 e. The Kier molecular flexibility index (Phi) is 0.515. The van der Waals surface area contributed by atoms with E-state index in [0.29, 0.717) is 0 Å². The van der Waals surface area contributed by atoms with Crippen molar-refractivity contribution in [1.82, 2.24) is 5.32 Å². The first kappa shape index (κ1) is 2.60. The van der Waals surface area contributed by atoms with Crippen LogP contribution in [0.3, 0.4) is 0 Å². The molecule has 0 aromatic rings. The summed E-state index contributed by atoms with van der Waals surface area (Å²) in [4.78, 5) is 3.61. The smallest absolute Gasteiger partial charge is 0.196 e. The standard InChI is InChI=1S/C3H3N2/c1-2-5-3-4-1/h1-3H/q+1. The predicted octanol–water partition coefficient (Wildman–Crippen LogP) is 0.104. The summed E-state index contributed by atoms with van der Waals surface area (Å²) >= 11 is 0. The van der Waals surface area contributed by atoms with Gasteiger partial charge in [0.1, 0.15) is 0 Å². The Hall–Kier alpha value is -0.630. The summed E-state index contributed by atoms with van der Waals surface area (Å²) in [7, 11) is 0. The van der Waals surface area contributed by atoms with Gasteiger partial charge in [-0.3, -0.25) is 0 Å². The number of hydrogen-bond acceptors (Lipinski definition) is 1. The van der Waals surface area contributed by atoms with Crippen LogP contribution in [0.25, 0.3) is 0 Å². The summed E-state index contributed by atoms with van der Waals surface area (Å²) in [6.07, 6.45) is 4.78. The number of aliphatic imine (C=N–C) groups is 1. The molecular weight excluding hydrogens is 64.0 g/mol. The second-order valence-electron chi connectivity index (χ2n) is 0.712. The fourth-order valence-corrected chi connectivity index (χ4v) is 0.192. The average molecular weight is 67.1 g/mol. The molecule has 2 radical (unpaired) electrons. The highest BCUT2D eigenvalue weighted by atomic mass is 15.0. The Morgan fingerprint density at radius 2 is 2.60 bits per heavy atom. The summed E-state index contributed by atoms with van der Waals surface area (Å²) in [5, 5.41) is 3.61. The van der Waals surface area contributed by atoms with E-state index >= 15 is 0 Å². The van der Waals surface area contributed by atoms with Crippen LogP contribution in [-0.2, 0) is 0 Å². The van der Waals surface area contributed by atoms with Crippen molar-refractivity contribution in [2.45, 2.75) is 0 Å². The zero-order valence-electron chi connectivity index (χ0n) is 2.63. The van der Waals surface area contributed by atoms with E-state index in [1.54, 1.807) is 12.4 Å². The highest BCUT2D eigenvalue weighted by Crippen LogP contribution is 1.74. The van der Waals surface area contributed by atoms with Gasteiger partial charge in [-0.25, -0.2) is 0 Å². The molecule has 0 fully saturated rings. The van der Waals surface area contributed by atoms with Gasteiger partial charge in [-0.2, -0.15) is 4.99 Å². The molecule has 2 heteroatoms. The average Bonchev–Trinajstić information content (AvgIpc) is 1.76. The normalized spacial score (nSPS) is 17.6. The zero-order chi connectivity index (χ0) is 3.54. The maximum atomic E-state index is 3.61. The Balaban J connectivity index is 2.61. The molecule has 0 atom stereocenters. The lowest BCUT2D eigenvalue weighted by Crippen LogP contribution is -1.79. The van der Waals surface area contributed by atoms with E-state index < -0.39 is 0 Å². The van der Waals surface area contributed by atoms with Crippen LogP contribution in [0.5, 0.6) is 0 Å². The van der Waals surface area contributed by atoms with Gasteiger partial charge in [0.2, 0.25) is 6.20 Å². The van der Waals surface area contributed by atoms with Gasteiger partial charge in [0.05, 0.1) is 6.20 Å². The highest BCUT2D eigenvalue weighted by Gasteiger charge is 1.92. The Bertz CT molecular complexity index is 63.0. The van der Waals surface area contributed by atoms with Gasteiger partial charge < -0.3 is 0 Å². The van der Waals surface area contributed by atoms with E-state index in [-0.39, 0.29) is 0 Å². The molecule has 2 nitrogen and oxygen atoms in total. The third-order valence-corrected chi connectivity index (χ3v) is 0.372. The summed E-state index contributed by atoms with van der Waals surface area (Å²) in [6.45, 7) is 0. The molecule has 5 heavy (non-hydrogen) atoms. The molecule has 0 saturated carbocycles. The molecule has 0 aromatic heterocycles. The maximum Gasteiger partial charge on any atom is 0.310 e. The van der Waals surface area contributed by atoms with Gasteiger partial charge in [-0.15, -0.1) is 0 Å². The lowest BCUT2D eigenvalue weighted by atomic mass is 11.0. The van der Waals surface area contributed by atoms with Crippen molar-refractivity contribution in [2.24, 2.45) is 4.99 Å². The van der Waals surface area contributed by atoms with E-state index in [1.807, 2.05) is 0 Å². The van der Waals surface area contributed by atoms with Gasteiger partial charge >= 0.3 is 6.34 Å². The summed E-state index contributed by atoms with van der Waals surface area (Å²) in [5.74, 6) is 0. The first-order valence-electron chi connectivity index (χ1n) is 1.37. The highest BCUT2D eigenvalue weighted by molar-refractivity contribution is 5.58. The fourth-order valence-electron chi connectivity index (χ4n) is 0.192. The molecule has 0 amide bonds. The lowest BCUT2D eigenvalue weighted by Gasteiger charge is -1.37. The van der Waals surface area contributed by atoms with Crippen LogP contribution in [0, 0.1) is 0 Å². The molecule has 0 saturated heterocycles. The van der Waals surface area contributed by atoms with Crippen molar-refractivity contribution >= 4 is 6.34 Å². The van der Waals surface area contributed by atoms with Crippen LogP contribution < -0.4 is 5.32 Å². The third-order valence-electron chi connectivity index (χ3n) is 0.372. The van der Waals surface area contributed by atoms with E-state index in [0.717, 1.165) is 0 Å². The molecule has 24 valence electrons. The van der Waals surface area contributed by atoms with Crippen LogP contribution in [0.4, 0.5) is 0 Å².